The van der Waals surface area contributed by atoms with Gasteiger partial charge in [0.25, 0.3) is 11.8 Å². The molecule has 0 radical (unpaired) electrons. The Balaban J connectivity index is 2.25. The smallest absolute Gasteiger partial charge is 0.277 e. The van der Waals surface area contributed by atoms with E-state index in [4.69, 9.17) is 11.6 Å². The normalized spacial score (nSPS) is 10.2. The summed E-state index contributed by atoms with van der Waals surface area (Å²) < 4.78 is 0. The molecule has 0 aliphatic heterocycles. The van der Waals surface area contributed by atoms with E-state index in [9.17, 15) is 9.59 Å². The van der Waals surface area contributed by atoms with Gasteiger partial charge in [0.05, 0.1) is 16.9 Å². The summed E-state index contributed by atoms with van der Waals surface area (Å²) in [6.07, 6.45) is 1.29. The van der Waals surface area contributed by atoms with E-state index >= 15 is 0 Å². The van der Waals surface area contributed by atoms with Crippen molar-refractivity contribution in [1.82, 2.24) is 20.3 Å². The Morgan fingerprint density at radius 1 is 1.35 bits per heavy atom. The number of hydrogen-bond acceptors (Lipinski definition) is 4. The number of benzene rings is 1. The second-order valence-corrected chi connectivity index (χ2v) is 4.61. The molecule has 0 fully saturated rings. The van der Waals surface area contributed by atoms with Crippen molar-refractivity contribution in [3.8, 4) is 0 Å². The van der Waals surface area contributed by atoms with E-state index in [-0.39, 0.29) is 11.6 Å². The van der Waals surface area contributed by atoms with Crippen LogP contribution in [0.1, 0.15) is 20.8 Å². The number of amides is 2. The summed E-state index contributed by atoms with van der Waals surface area (Å²) in [5, 5.41) is 12.5. The molecular weight excluding hydrogens is 282 g/mol. The number of aromatic nitrogens is 3. The third-order valence-electron chi connectivity index (χ3n) is 2.52. The molecule has 0 spiro atoms. The van der Waals surface area contributed by atoms with Crippen LogP contribution >= 0.6 is 11.6 Å². The maximum Gasteiger partial charge on any atom is 0.277 e. The van der Waals surface area contributed by atoms with E-state index in [1.54, 1.807) is 26.2 Å². The highest BCUT2D eigenvalue weighted by molar-refractivity contribution is 6.34. The molecule has 2 amide bonds. The van der Waals surface area contributed by atoms with E-state index in [0.717, 1.165) is 0 Å². The SMILES string of the molecule is CN(C)C(=O)c1ccc(Cl)c(NC(=O)c2cn[nH]n2)c1. The fourth-order valence-corrected chi connectivity index (χ4v) is 1.67. The van der Waals surface area contributed by atoms with E-state index in [2.05, 4.69) is 20.7 Å². The molecule has 1 heterocycles. The Morgan fingerprint density at radius 2 is 2.10 bits per heavy atom. The number of nitrogens with one attached hydrogen (secondary N) is 2. The molecule has 0 saturated heterocycles. The zero-order valence-corrected chi connectivity index (χ0v) is 11.6. The lowest BCUT2D eigenvalue weighted by Gasteiger charge is -2.12. The first kappa shape index (κ1) is 14.0. The van der Waals surface area contributed by atoms with Crippen molar-refractivity contribution in [3.63, 3.8) is 0 Å². The maximum absolute atomic E-state index is 11.9. The number of rotatable bonds is 3. The average Bonchev–Trinajstić information content (AvgIpc) is 2.94. The molecule has 104 valence electrons. The Morgan fingerprint density at radius 3 is 2.70 bits per heavy atom. The highest BCUT2D eigenvalue weighted by Crippen LogP contribution is 2.24. The van der Waals surface area contributed by atoms with Gasteiger partial charge < -0.3 is 10.2 Å². The quantitative estimate of drug-likeness (QED) is 0.895. The molecule has 1 aromatic heterocycles. The molecule has 0 atom stereocenters. The van der Waals surface area contributed by atoms with Crippen molar-refractivity contribution in [2.75, 3.05) is 19.4 Å². The molecule has 2 aromatic rings. The third-order valence-corrected chi connectivity index (χ3v) is 2.84. The number of halogens is 1. The fourth-order valence-electron chi connectivity index (χ4n) is 1.51. The van der Waals surface area contributed by atoms with Gasteiger partial charge in [0.2, 0.25) is 0 Å². The van der Waals surface area contributed by atoms with Crippen LogP contribution in [0, 0.1) is 0 Å². The largest absolute Gasteiger partial charge is 0.345 e. The summed E-state index contributed by atoms with van der Waals surface area (Å²) in [6, 6.07) is 4.66. The molecule has 0 bridgehead atoms. The lowest BCUT2D eigenvalue weighted by Crippen LogP contribution is -2.22. The van der Waals surface area contributed by atoms with Crippen LogP contribution in [-0.2, 0) is 0 Å². The number of H-pyrrole nitrogens is 1. The number of hydrogen-bond donors (Lipinski definition) is 2. The summed E-state index contributed by atoms with van der Waals surface area (Å²) in [7, 11) is 3.29. The van der Waals surface area contributed by atoms with Crippen LogP contribution in [0.25, 0.3) is 0 Å². The zero-order valence-electron chi connectivity index (χ0n) is 10.8. The highest BCUT2D eigenvalue weighted by Gasteiger charge is 2.14. The Kier molecular flexibility index (Phi) is 3.99. The first-order chi connectivity index (χ1) is 9.49. The molecule has 8 heteroatoms. The minimum absolute atomic E-state index is 0.130. The fraction of sp³-hybridized carbons (Fsp3) is 0.167. The molecule has 0 aliphatic carbocycles. The van der Waals surface area contributed by atoms with Crippen molar-refractivity contribution >= 4 is 29.1 Å². The summed E-state index contributed by atoms with van der Waals surface area (Å²) in [5.74, 6) is -0.645. The second-order valence-electron chi connectivity index (χ2n) is 4.20. The van der Waals surface area contributed by atoms with Crippen LogP contribution in [0.15, 0.2) is 24.4 Å². The molecule has 1 aromatic carbocycles. The lowest BCUT2D eigenvalue weighted by molar-refractivity contribution is 0.0827. The van der Waals surface area contributed by atoms with Crippen molar-refractivity contribution in [3.05, 3.63) is 40.7 Å². The molecule has 0 unspecified atom stereocenters. The van der Waals surface area contributed by atoms with Gasteiger partial charge in [-0.2, -0.15) is 15.4 Å². The number of carbonyl (C=O) groups is 2. The predicted octanol–water partition coefficient (Wildman–Crippen LogP) is 1.41. The number of aromatic amines is 1. The summed E-state index contributed by atoms with van der Waals surface area (Å²) in [6.45, 7) is 0. The van der Waals surface area contributed by atoms with Gasteiger partial charge in [-0.05, 0) is 18.2 Å². The van der Waals surface area contributed by atoms with Gasteiger partial charge in [0, 0.05) is 19.7 Å². The minimum atomic E-state index is -0.463. The topological polar surface area (TPSA) is 91.0 Å². The van der Waals surface area contributed by atoms with Gasteiger partial charge in [0.1, 0.15) is 0 Å². The van der Waals surface area contributed by atoms with Gasteiger partial charge in [-0.1, -0.05) is 11.6 Å². The van der Waals surface area contributed by atoms with Crippen LogP contribution in [-0.4, -0.2) is 46.2 Å². The predicted molar refractivity (Wildman–Crippen MR) is 73.8 cm³/mol. The first-order valence-corrected chi connectivity index (χ1v) is 6.05. The zero-order chi connectivity index (χ0) is 14.7. The standard InChI is InChI=1S/C12H12ClN5O2/c1-18(2)12(20)7-3-4-8(13)9(5-7)15-11(19)10-6-14-17-16-10/h3-6H,1-2H3,(H,15,19)(H,14,16,17). The average molecular weight is 294 g/mol. The van der Waals surface area contributed by atoms with E-state index in [1.807, 2.05) is 0 Å². The van der Waals surface area contributed by atoms with E-state index < -0.39 is 5.91 Å². The Hall–Kier alpha value is -2.41. The number of anilines is 1. The first-order valence-electron chi connectivity index (χ1n) is 5.67. The summed E-state index contributed by atoms with van der Waals surface area (Å²) in [5.41, 5.74) is 0.896. The van der Waals surface area contributed by atoms with Gasteiger partial charge in [-0.3, -0.25) is 9.59 Å². The Bertz CT molecular complexity index is 639. The van der Waals surface area contributed by atoms with Gasteiger partial charge in [-0.25, -0.2) is 0 Å². The van der Waals surface area contributed by atoms with Crippen molar-refractivity contribution in [2.45, 2.75) is 0 Å². The van der Waals surface area contributed by atoms with Crippen LogP contribution < -0.4 is 5.32 Å². The summed E-state index contributed by atoms with van der Waals surface area (Å²) >= 11 is 6.00. The molecular formula is C12H12ClN5O2. The van der Waals surface area contributed by atoms with Crippen LogP contribution in [0.4, 0.5) is 5.69 Å². The lowest BCUT2D eigenvalue weighted by atomic mass is 10.1. The number of nitrogens with zero attached hydrogens (tertiary/aromatic N) is 3. The molecule has 2 rings (SSSR count). The second kappa shape index (κ2) is 5.70. The van der Waals surface area contributed by atoms with Crippen LogP contribution in [0.3, 0.4) is 0 Å². The van der Waals surface area contributed by atoms with Gasteiger partial charge in [0.15, 0.2) is 5.69 Å². The summed E-state index contributed by atoms with van der Waals surface area (Å²) in [4.78, 5) is 25.2. The molecule has 0 saturated carbocycles. The van der Waals surface area contributed by atoms with Gasteiger partial charge in [-0.15, -0.1) is 0 Å². The van der Waals surface area contributed by atoms with Gasteiger partial charge >= 0.3 is 0 Å². The van der Waals surface area contributed by atoms with Crippen molar-refractivity contribution < 1.29 is 9.59 Å². The van der Waals surface area contributed by atoms with Crippen LogP contribution in [0.5, 0.6) is 0 Å². The molecule has 20 heavy (non-hydrogen) atoms. The minimum Gasteiger partial charge on any atom is -0.345 e. The molecule has 0 aliphatic rings. The van der Waals surface area contributed by atoms with Crippen molar-refractivity contribution in [1.29, 1.82) is 0 Å². The van der Waals surface area contributed by atoms with Crippen molar-refractivity contribution in [2.24, 2.45) is 0 Å². The molecule has 2 N–H and O–H groups in total. The monoisotopic (exact) mass is 293 g/mol. The van der Waals surface area contributed by atoms with E-state index in [0.29, 0.717) is 16.3 Å². The maximum atomic E-state index is 11.9. The van der Waals surface area contributed by atoms with E-state index in [1.165, 1.54) is 17.2 Å². The third kappa shape index (κ3) is 2.94. The molecule has 7 nitrogen and oxygen atoms in total. The Labute approximate surface area is 119 Å². The highest BCUT2D eigenvalue weighted by atomic mass is 35.5. The number of carbonyl (C=O) groups excluding carboxylic acids is 2. The van der Waals surface area contributed by atoms with Crippen LogP contribution in [0.2, 0.25) is 5.02 Å².